The van der Waals surface area contributed by atoms with Gasteiger partial charge >= 0.3 is 178 Å². The van der Waals surface area contributed by atoms with E-state index in [1.807, 2.05) is 12.1 Å². The number of aromatic nitrogens is 2. The van der Waals surface area contributed by atoms with E-state index in [9.17, 15) is 5.11 Å². The average molecular weight is 458 g/mol. The van der Waals surface area contributed by atoms with Crippen molar-refractivity contribution in [1.82, 2.24) is 14.7 Å². The van der Waals surface area contributed by atoms with Gasteiger partial charge in [0.1, 0.15) is 0 Å². The summed E-state index contributed by atoms with van der Waals surface area (Å²) in [5.41, 5.74) is 10.1. The van der Waals surface area contributed by atoms with Crippen molar-refractivity contribution in [3.63, 3.8) is 0 Å². The maximum absolute atomic E-state index is 10.1. The van der Waals surface area contributed by atoms with Gasteiger partial charge in [-0.25, -0.2) is 0 Å². The molecule has 4 rings (SSSR count). The van der Waals surface area contributed by atoms with Crippen LogP contribution >= 0.6 is 0 Å². The monoisotopic (exact) mass is 459 g/mol. The van der Waals surface area contributed by atoms with Crippen molar-refractivity contribution in [1.29, 1.82) is 0 Å². The molecule has 3 aromatic rings. The predicted octanol–water partition coefficient (Wildman–Crippen LogP) is 1.48. The summed E-state index contributed by atoms with van der Waals surface area (Å²) in [5.74, 6) is 0.297. The van der Waals surface area contributed by atoms with Crippen molar-refractivity contribution in [3.05, 3.63) is 30.3 Å². The Morgan fingerprint density at radius 3 is 2.79 bits per heavy atom. The minimum atomic E-state index is 0.160. The third-order valence-corrected chi connectivity index (χ3v) is 8.05. The van der Waals surface area contributed by atoms with Crippen molar-refractivity contribution in [2.24, 2.45) is 5.73 Å². The summed E-state index contributed by atoms with van der Waals surface area (Å²) in [6.07, 6.45) is 0.949. The van der Waals surface area contributed by atoms with Crippen LogP contribution in [0.4, 0.5) is 5.69 Å². The predicted molar refractivity (Wildman–Crippen MR) is 122 cm³/mol. The Morgan fingerprint density at radius 1 is 1.21 bits per heavy atom. The quantitative estimate of drug-likeness (QED) is 0.262. The Hall–Kier alpha value is -2.05. The number of benzene rings is 2. The summed E-state index contributed by atoms with van der Waals surface area (Å²) >= 11 is 0.160. The summed E-state index contributed by atoms with van der Waals surface area (Å²) in [4.78, 5) is 2.42. The first-order valence-corrected chi connectivity index (χ1v) is 12.1. The summed E-state index contributed by atoms with van der Waals surface area (Å²) in [7, 11) is 0. The van der Waals surface area contributed by atoms with Gasteiger partial charge in [0.2, 0.25) is 0 Å². The number of hydrogen-bond acceptors (Lipinski definition) is 5. The Labute approximate surface area is 178 Å². The van der Waals surface area contributed by atoms with Gasteiger partial charge in [-0.2, -0.15) is 0 Å². The molecule has 0 atom stereocenters. The molecule has 1 aromatic heterocycles. The zero-order valence-electron chi connectivity index (χ0n) is 17.1. The van der Waals surface area contributed by atoms with Gasteiger partial charge in [0.05, 0.1) is 0 Å². The minimum absolute atomic E-state index is 0.160. The van der Waals surface area contributed by atoms with Crippen LogP contribution in [0.25, 0.3) is 22.2 Å². The zero-order chi connectivity index (χ0) is 20.4. The number of hydrogen-bond donors (Lipinski definition) is 3. The van der Waals surface area contributed by atoms with Crippen LogP contribution in [0.5, 0.6) is 5.75 Å². The van der Waals surface area contributed by atoms with Gasteiger partial charge < -0.3 is 0 Å². The van der Waals surface area contributed by atoms with E-state index in [0.717, 1.165) is 50.4 Å². The van der Waals surface area contributed by atoms with Gasteiger partial charge in [-0.1, -0.05) is 0 Å². The fourth-order valence-corrected chi connectivity index (χ4v) is 6.31. The maximum atomic E-state index is 10.1. The standard InChI is InChI=1S/C22H29N5OSe/c1-3-26(4-2)12-13-27-18-8-7-17(24-11-5-10-23)22-20(18)21(25-27)16-14-15(28)6-9-19(16)29-22/h6-9,14,24,28H,3-5,10-13,23H2,1-2H3. The molecule has 1 aliphatic heterocycles. The topological polar surface area (TPSA) is 79.3 Å². The molecule has 2 aromatic carbocycles. The third-order valence-electron chi connectivity index (χ3n) is 5.52. The van der Waals surface area contributed by atoms with Crippen molar-refractivity contribution < 1.29 is 5.11 Å². The molecule has 0 unspecified atom stereocenters. The first-order chi connectivity index (χ1) is 14.2. The third kappa shape index (κ3) is 3.88. The Balaban J connectivity index is 1.80. The molecule has 154 valence electrons. The van der Waals surface area contributed by atoms with Gasteiger partial charge in [-0.15, -0.1) is 0 Å². The van der Waals surface area contributed by atoms with Crippen LogP contribution in [0, 0.1) is 0 Å². The molecule has 2 heterocycles. The van der Waals surface area contributed by atoms with Gasteiger partial charge in [-0.05, 0) is 0 Å². The molecule has 29 heavy (non-hydrogen) atoms. The Kier molecular flexibility index (Phi) is 6.11. The van der Waals surface area contributed by atoms with Crippen molar-refractivity contribution in [3.8, 4) is 17.0 Å². The fraction of sp³-hybridized carbons (Fsp3) is 0.409. The number of nitrogens with one attached hydrogen (secondary N) is 1. The molecule has 0 spiro atoms. The number of nitrogens with zero attached hydrogens (tertiary/aromatic N) is 3. The van der Waals surface area contributed by atoms with Crippen LogP contribution in [0.15, 0.2) is 30.3 Å². The Bertz CT molecular complexity index is 1010. The molecule has 4 N–H and O–H groups in total. The van der Waals surface area contributed by atoms with E-state index in [-0.39, 0.29) is 15.0 Å². The van der Waals surface area contributed by atoms with Crippen molar-refractivity contribution in [2.45, 2.75) is 26.8 Å². The molecule has 6 nitrogen and oxygen atoms in total. The van der Waals surface area contributed by atoms with E-state index < -0.39 is 0 Å². The molecule has 0 radical (unpaired) electrons. The summed E-state index contributed by atoms with van der Waals surface area (Å²) in [6, 6.07) is 10.1. The Morgan fingerprint density at radius 2 is 2.03 bits per heavy atom. The van der Waals surface area contributed by atoms with E-state index in [1.54, 1.807) is 6.07 Å². The first-order valence-electron chi connectivity index (χ1n) is 10.4. The first kappa shape index (κ1) is 20.2. The summed E-state index contributed by atoms with van der Waals surface area (Å²) in [5, 5.41) is 19.9. The number of aromatic hydroxyl groups is 1. The van der Waals surface area contributed by atoms with Gasteiger partial charge in [0.15, 0.2) is 0 Å². The normalized spacial score (nSPS) is 12.6. The van der Waals surface area contributed by atoms with Crippen molar-refractivity contribution in [2.75, 3.05) is 38.0 Å². The van der Waals surface area contributed by atoms with E-state index >= 15 is 0 Å². The molecule has 0 bridgehead atoms. The van der Waals surface area contributed by atoms with Gasteiger partial charge in [-0.3, -0.25) is 0 Å². The molecule has 0 fully saturated rings. The molecule has 0 aliphatic carbocycles. The molecule has 1 aliphatic rings. The molecule has 0 amide bonds. The molecular formula is C22H29N5OSe. The van der Waals surface area contributed by atoms with Crippen molar-refractivity contribution >= 4 is 40.5 Å². The van der Waals surface area contributed by atoms with Crippen LogP contribution in [-0.2, 0) is 6.54 Å². The van der Waals surface area contributed by atoms with Gasteiger partial charge in [0, 0.05) is 0 Å². The number of anilines is 1. The van der Waals surface area contributed by atoms with Crippen LogP contribution in [-0.4, -0.2) is 67.5 Å². The number of nitrogens with two attached hydrogens (primary N) is 1. The van der Waals surface area contributed by atoms with Crippen LogP contribution < -0.4 is 20.0 Å². The van der Waals surface area contributed by atoms with E-state index in [0.29, 0.717) is 12.3 Å². The number of phenolic OH excluding ortho intramolecular Hbond substituents is 1. The molecule has 0 saturated heterocycles. The SMILES string of the molecule is CCN(CC)CCn1nc2c3c(c(NCCCN)ccc31)[Se]c1ccc(O)cc1-2. The van der Waals surface area contributed by atoms with Crippen LogP contribution in [0.2, 0.25) is 0 Å². The van der Waals surface area contributed by atoms with Crippen LogP contribution in [0.3, 0.4) is 0 Å². The molecular weight excluding hydrogens is 429 g/mol. The average Bonchev–Trinajstić information content (AvgIpc) is 3.11. The second-order valence-electron chi connectivity index (χ2n) is 7.29. The number of likely N-dealkylation sites (N-methyl/N-ethyl adjacent to an activating group) is 1. The number of fused-ring (bicyclic) bond motifs is 2. The second-order valence-corrected chi connectivity index (χ2v) is 9.49. The number of rotatable bonds is 9. The number of phenols is 1. The summed E-state index contributed by atoms with van der Waals surface area (Å²) in [6.45, 7) is 9.88. The summed E-state index contributed by atoms with van der Waals surface area (Å²) < 4.78 is 4.77. The van der Waals surface area contributed by atoms with Crippen LogP contribution in [0.1, 0.15) is 20.3 Å². The van der Waals surface area contributed by atoms with E-state index in [4.69, 9.17) is 10.8 Å². The zero-order valence-corrected chi connectivity index (χ0v) is 18.8. The van der Waals surface area contributed by atoms with E-state index in [1.165, 1.54) is 25.5 Å². The fourth-order valence-electron chi connectivity index (χ4n) is 3.85. The van der Waals surface area contributed by atoms with E-state index in [2.05, 4.69) is 40.9 Å². The molecule has 7 heteroatoms. The molecule has 0 saturated carbocycles. The second kappa shape index (κ2) is 8.76. The van der Waals surface area contributed by atoms with Gasteiger partial charge in [0.25, 0.3) is 0 Å².